The smallest absolute Gasteiger partial charge is 0.326 e. The summed E-state index contributed by atoms with van der Waals surface area (Å²) >= 11 is 0. The molecule has 0 saturated heterocycles. The molecule has 1 aromatic carbocycles. The first-order valence-electron chi connectivity index (χ1n) is 9.84. The van der Waals surface area contributed by atoms with E-state index in [1.54, 1.807) is 16.8 Å². The fourth-order valence-corrected chi connectivity index (χ4v) is 3.32. The van der Waals surface area contributed by atoms with Crippen molar-refractivity contribution in [1.29, 1.82) is 0 Å². The average molecular weight is 403 g/mol. The van der Waals surface area contributed by atoms with Gasteiger partial charge in [-0.3, -0.25) is 9.98 Å². The van der Waals surface area contributed by atoms with E-state index in [0.29, 0.717) is 22.7 Å². The third-order valence-electron chi connectivity index (χ3n) is 5.04. The Kier molecular flexibility index (Phi) is 4.35. The quantitative estimate of drug-likeness (QED) is 0.399. The van der Waals surface area contributed by atoms with Crippen molar-refractivity contribution >= 4 is 17.5 Å². The highest BCUT2D eigenvalue weighted by Crippen LogP contribution is 2.23. The van der Waals surface area contributed by atoms with Crippen LogP contribution in [-0.2, 0) is 0 Å². The number of hydrogen-bond donors (Lipinski definition) is 4. The molecule has 30 heavy (non-hydrogen) atoms. The Morgan fingerprint density at radius 1 is 1.30 bits per heavy atom. The lowest BCUT2D eigenvalue weighted by Crippen LogP contribution is -2.21. The number of imidazole rings is 1. The lowest BCUT2D eigenvalue weighted by atomic mass is 10.1. The first-order chi connectivity index (χ1) is 14.6. The van der Waals surface area contributed by atoms with Crippen LogP contribution in [0.3, 0.4) is 0 Å². The number of H-pyrrole nitrogens is 2. The summed E-state index contributed by atoms with van der Waals surface area (Å²) in [6.45, 7) is 2.07. The molecule has 0 aliphatic heterocycles. The van der Waals surface area contributed by atoms with Crippen LogP contribution < -0.4 is 21.7 Å². The van der Waals surface area contributed by atoms with Crippen LogP contribution in [0.15, 0.2) is 52.4 Å². The van der Waals surface area contributed by atoms with Crippen molar-refractivity contribution in [2.45, 2.75) is 31.8 Å². The van der Waals surface area contributed by atoms with Crippen LogP contribution in [0, 0.1) is 0 Å². The van der Waals surface area contributed by atoms with E-state index in [2.05, 4.69) is 39.4 Å². The molecule has 1 saturated carbocycles. The number of aromatic nitrogens is 5. The average Bonchev–Trinajstić information content (AvgIpc) is 3.37. The van der Waals surface area contributed by atoms with Crippen molar-refractivity contribution in [3.05, 3.63) is 75.0 Å². The van der Waals surface area contributed by atoms with E-state index in [9.17, 15) is 9.90 Å². The zero-order chi connectivity index (χ0) is 20.7. The minimum Gasteiger partial charge on any atom is -0.493 e. The number of nitrogens with zero attached hydrogens (tertiary/aromatic N) is 4. The molecule has 1 atom stereocenters. The second kappa shape index (κ2) is 7.18. The molecule has 1 aliphatic carbocycles. The minimum absolute atomic E-state index is 0.0512. The van der Waals surface area contributed by atoms with E-state index < -0.39 is 5.69 Å². The van der Waals surface area contributed by atoms with Gasteiger partial charge in [0.2, 0.25) is 5.88 Å². The summed E-state index contributed by atoms with van der Waals surface area (Å²) in [5, 5.41) is 18.4. The topological polar surface area (TPSA) is 123 Å². The van der Waals surface area contributed by atoms with Crippen LogP contribution in [0.4, 0.5) is 5.82 Å². The van der Waals surface area contributed by atoms with Gasteiger partial charge < -0.3 is 15.4 Å². The molecule has 0 radical (unpaired) electrons. The van der Waals surface area contributed by atoms with Gasteiger partial charge in [0.25, 0.3) is 0 Å². The van der Waals surface area contributed by atoms with Crippen LogP contribution in [-0.4, -0.2) is 35.7 Å². The normalized spacial score (nSPS) is 16.3. The lowest BCUT2D eigenvalue weighted by molar-refractivity contribution is 0.454. The molecule has 3 heterocycles. The van der Waals surface area contributed by atoms with E-state index in [0.717, 1.165) is 23.9 Å². The Labute approximate surface area is 170 Å². The summed E-state index contributed by atoms with van der Waals surface area (Å²) in [4.78, 5) is 25.8. The molecule has 5 rings (SSSR count). The Balaban J connectivity index is 1.63. The summed E-state index contributed by atoms with van der Waals surface area (Å²) in [7, 11) is 0. The summed E-state index contributed by atoms with van der Waals surface area (Å²) in [5.41, 5.74) is 2.24. The molecular weight excluding hydrogens is 382 g/mol. The van der Waals surface area contributed by atoms with Gasteiger partial charge in [0.1, 0.15) is 11.5 Å². The first kappa shape index (κ1) is 18.2. The number of anilines is 1. The van der Waals surface area contributed by atoms with Gasteiger partial charge >= 0.3 is 5.69 Å². The van der Waals surface area contributed by atoms with E-state index in [-0.39, 0.29) is 17.6 Å². The van der Waals surface area contributed by atoms with Crippen molar-refractivity contribution in [2.24, 2.45) is 4.99 Å². The molecule has 0 bridgehead atoms. The molecule has 3 aromatic heterocycles. The first-order valence-corrected chi connectivity index (χ1v) is 9.84. The van der Waals surface area contributed by atoms with Gasteiger partial charge in [-0.2, -0.15) is 9.61 Å². The Morgan fingerprint density at radius 3 is 2.80 bits per heavy atom. The fourth-order valence-electron chi connectivity index (χ4n) is 3.32. The minimum atomic E-state index is -0.480. The fraction of sp³-hybridized carbons (Fsp3) is 0.238. The van der Waals surface area contributed by atoms with Crippen LogP contribution in [0.5, 0.6) is 5.88 Å². The monoisotopic (exact) mass is 403 g/mol. The molecule has 0 spiro atoms. The number of hydrogen-bond acceptors (Lipinski definition) is 6. The van der Waals surface area contributed by atoms with Crippen molar-refractivity contribution < 1.29 is 5.11 Å². The summed E-state index contributed by atoms with van der Waals surface area (Å²) in [6, 6.07) is 12.4. The van der Waals surface area contributed by atoms with E-state index in [1.165, 1.54) is 0 Å². The Bertz CT molecular complexity index is 1380. The predicted octanol–water partition coefficient (Wildman–Crippen LogP) is 1.24. The number of fused-ring (bicyclic) bond motifs is 1. The standard InChI is InChI=1S/C21H21N7O2/c1-12(13-5-3-2-4-6-13)23-17-10-18(24-15-7-8-15)28-19(26-17)14(11-22-28)9-16-20(29)27-21(30)25-16/h2-6,9-12,15,23,29H,7-8H2,1H3,(H2,25,27,30)/b14-9+,24-18?/t12-/m0/s1. The van der Waals surface area contributed by atoms with Crippen LogP contribution >= 0.6 is 0 Å². The Morgan fingerprint density at radius 2 is 2.10 bits per heavy atom. The molecule has 0 amide bonds. The van der Waals surface area contributed by atoms with E-state index >= 15 is 0 Å². The van der Waals surface area contributed by atoms with Gasteiger partial charge in [-0.25, -0.2) is 9.78 Å². The van der Waals surface area contributed by atoms with Crippen LogP contribution in [0.25, 0.3) is 11.7 Å². The van der Waals surface area contributed by atoms with E-state index in [4.69, 9.17) is 9.98 Å². The highest BCUT2D eigenvalue weighted by atomic mass is 16.3. The molecule has 152 valence electrons. The molecule has 1 aliphatic rings. The highest BCUT2D eigenvalue weighted by molar-refractivity contribution is 5.58. The maximum Gasteiger partial charge on any atom is 0.326 e. The summed E-state index contributed by atoms with van der Waals surface area (Å²) in [5.74, 6) is 0.453. The van der Waals surface area contributed by atoms with Gasteiger partial charge in [0.15, 0.2) is 11.1 Å². The van der Waals surface area contributed by atoms with Crippen LogP contribution in [0.2, 0.25) is 0 Å². The molecule has 0 unspecified atom stereocenters. The maximum atomic E-state index is 11.4. The molecule has 4 aromatic rings. The number of nitrogens with one attached hydrogen (secondary N) is 3. The molecule has 1 fully saturated rings. The van der Waals surface area contributed by atoms with E-state index in [1.807, 2.05) is 24.3 Å². The molecular formula is C21H21N7O2. The number of aromatic amines is 2. The number of benzene rings is 1. The third kappa shape index (κ3) is 3.57. The van der Waals surface area contributed by atoms with Gasteiger partial charge in [-0.05, 0) is 31.4 Å². The maximum absolute atomic E-state index is 11.4. The number of aromatic hydroxyl groups is 1. The molecule has 9 nitrogen and oxygen atoms in total. The lowest BCUT2D eigenvalue weighted by Gasteiger charge is -2.15. The number of rotatable bonds is 5. The van der Waals surface area contributed by atoms with Crippen molar-refractivity contribution in [3.8, 4) is 5.88 Å². The predicted molar refractivity (Wildman–Crippen MR) is 112 cm³/mol. The van der Waals surface area contributed by atoms with Gasteiger partial charge in [-0.1, -0.05) is 30.3 Å². The second-order valence-corrected chi connectivity index (χ2v) is 7.46. The largest absolute Gasteiger partial charge is 0.493 e. The Hall–Kier alpha value is -3.88. The third-order valence-corrected chi connectivity index (χ3v) is 5.04. The molecule has 4 N–H and O–H groups in total. The van der Waals surface area contributed by atoms with Gasteiger partial charge in [0, 0.05) is 17.3 Å². The zero-order valence-corrected chi connectivity index (χ0v) is 16.3. The summed E-state index contributed by atoms with van der Waals surface area (Å²) < 4.78 is 1.68. The second-order valence-electron chi connectivity index (χ2n) is 7.46. The highest BCUT2D eigenvalue weighted by Gasteiger charge is 2.20. The van der Waals surface area contributed by atoms with Crippen LogP contribution in [0.1, 0.15) is 37.1 Å². The van der Waals surface area contributed by atoms with Gasteiger partial charge in [0.05, 0.1) is 12.2 Å². The van der Waals surface area contributed by atoms with Crippen molar-refractivity contribution in [2.75, 3.05) is 5.32 Å². The SMILES string of the molecule is C[C@H](Nc1cc(=NC2CC2)n2nc/c(=C\c3[nH]c(=O)[nH]c3O)c2n1)c1ccccc1. The molecule has 9 heteroatoms. The van der Waals surface area contributed by atoms with Crippen molar-refractivity contribution in [1.82, 2.24) is 24.6 Å². The zero-order valence-electron chi connectivity index (χ0n) is 16.3. The summed E-state index contributed by atoms with van der Waals surface area (Å²) in [6.07, 6.45) is 5.43. The van der Waals surface area contributed by atoms with Gasteiger partial charge in [-0.15, -0.1) is 0 Å². The van der Waals surface area contributed by atoms with Crippen molar-refractivity contribution in [3.63, 3.8) is 0 Å².